The second kappa shape index (κ2) is 6.05. The Morgan fingerprint density at radius 1 is 1.23 bits per heavy atom. The van der Waals surface area contributed by atoms with E-state index in [9.17, 15) is 4.79 Å². The number of nitrogens with zero attached hydrogens (tertiary/aromatic N) is 3. The molecule has 6 heteroatoms. The number of carbonyl (C=O) groups is 1. The van der Waals surface area contributed by atoms with Gasteiger partial charge in [0, 0.05) is 16.9 Å². The van der Waals surface area contributed by atoms with Crippen molar-refractivity contribution in [2.75, 3.05) is 12.9 Å². The lowest BCUT2D eigenvalue weighted by atomic mass is 9.70. The number of rotatable bonds is 5. The van der Waals surface area contributed by atoms with Crippen LogP contribution in [-0.4, -0.2) is 33.8 Å². The van der Waals surface area contributed by atoms with Crippen LogP contribution in [0.5, 0.6) is 5.75 Å². The van der Waals surface area contributed by atoms with Crippen LogP contribution in [0.2, 0.25) is 0 Å². The molecule has 2 atom stereocenters. The number of thioether (sulfide) groups is 1. The Kier molecular flexibility index (Phi) is 4.06. The van der Waals surface area contributed by atoms with Gasteiger partial charge in [-0.3, -0.25) is 4.79 Å². The summed E-state index contributed by atoms with van der Waals surface area (Å²) in [5.41, 5.74) is 3.04. The lowest BCUT2D eigenvalue weighted by molar-refractivity contribution is 0.102. The van der Waals surface area contributed by atoms with E-state index in [1.165, 1.54) is 11.8 Å². The molecule has 0 N–H and O–H groups in total. The number of hydrogen-bond donors (Lipinski definition) is 0. The molecular weight excluding hydrogens is 346 g/mol. The minimum Gasteiger partial charge on any atom is -0.497 e. The molecule has 1 heterocycles. The second-order valence-electron chi connectivity index (χ2n) is 7.91. The average Bonchev–Trinajstić information content (AvgIpc) is 2.98. The number of benzene rings is 1. The molecule has 26 heavy (non-hydrogen) atoms. The summed E-state index contributed by atoms with van der Waals surface area (Å²) in [6.07, 6.45) is 2.31. The van der Waals surface area contributed by atoms with Gasteiger partial charge in [0.25, 0.3) is 0 Å². The van der Waals surface area contributed by atoms with E-state index in [1.54, 1.807) is 31.4 Å². The molecule has 4 rings (SSSR count). The Balaban J connectivity index is 1.50. The smallest absolute Gasteiger partial charge is 0.209 e. The van der Waals surface area contributed by atoms with Crippen molar-refractivity contribution >= 4 is 17.5 Å². The van der Waals surface area contributed by atoms with Gasteiger partial charge in [-0.05, 0) is 42.5 Å². The molecule has 1 fully saturated rings. The maximum atomic E-state index is 12.4. The standard InChI is InChI=1S/C20H23N3O2S/c1-19(2)14-9-10-20(19,3)17-16(14)22-23-18(21-17)26-11-15(24)12-5-7-13(25-4)8-6-12/h5-8,14H,9-11H2,1-4H3/t14-,20+/m0/s1. The molecule has 2 bridgehead atoms. The molecular formula is C20H23N3O2S. The van der Waals surface area contributed by atoms with E-state index < -0.39 is 0 Å². The summed E-state index contributed by atoms with van der Waals surface area (Å²) >= 11 is 1.36. The van der Waals surface area contributed by atoms with Crippen LogP contribution in [0.3, 0.4) is 0 Å². The summed E-state index contributed by atoms with van der Waals surface area (Å²) in [4.78, 5) is 17.2. The Morgan fingerprint density at radius 2 is 1.96 bits per heavy atom. The number of ketones is 1. The zero-order chi connectivity index (χ0) is 18.5. The molecule has 2 aliphatic rings. The Labute approximate surface area is 158 Å². The minimum absolute atomic E-state index is 0.0508. The maximum Gasteiger partial charge on any atom is 0.209 e. The van der Waals surface area contributed by atoms with Crippen molar-refractivity contribution in [3.8, 4) is 5.75 Å². The molecule has 0 saturated heterocycles. The van der Waals surface area contributed by atoms with Gasteiger partial charge in [0.15, 0.2) is 5.78 Å². The van der Waals surface area contributed by atoms with Crippen LogP contribution in [0.4, 0.5) is 0 Å². The summed E-state index contributed by atoms with van der Waals surface area (Å²) in [7, 11) is 1.61. The molecule has 1 aromatic heterocycles. The molecule has 5 nitrogen and oxygen atoms in total. The summed E-state index contributed by atoms with van der Waals surface area (Å²) in [6.45, 7) is 6.92. The van der Waals surface area contributed by atoms with Gasteiger partial charge in [0.2, 0.25) is 5.16 Å². The monoisotopic (exact) mass is 369 g/mol. The van der Waals surface area contributed by atoms with E-state index in [-0.39, 0.29) is 16.6 Å². The van der Waals surface area contributed by atoms with Crippen LogP contribution in [0.25, 0.3) is 0 Å². The third-order valence-corrected chi connectivity index (χ3v) is 7.35. The van der Waals surface area contributed by atoms with Gasteiger partial charge in [-0.2, -0.15) is 5.10 Å². The van der Waals surface area contributed by atoms with Crippen LogP contribution < -0.4 is 4.74 Å². The van der Waals surface area contributed by atoms with Crippen molar-refractivity contribution in [3.63, 3.8) is 0 Å². The number of hydrogen-bond acceptors (Lipinski definition) is 6. The molecule has 1 aromatic carbocycles. The molecule has 0 aliphatic heterocycles. The predicted octanol–water partition coefficient (Wildman–Crippen LogP) is 4.03. The highest BCUT2D eigenvalue weighted by molar-refractivity contribution is 7.99. The van der Waals surface area contributed by atoms with Crippen molar-refractivity contribution in [2.45, 2.75) is 50.1 Å². The summed E-state index contributed by atoms with van der Waals surface area (Å²) in [5.74, 6) is 1.54. The largest absolute Gasteiger partial charge is 0.497 e. The number of ether oxygens (including phenoxy) is 1. The van der Waals surface area contributed by atoms with E-state index in [0.29, 0.717) is 22.4 Å². The van der Waals surface area contributed by atoms with E-state index >= 15 is 0 Å². The highest BCUT2D eigenvalue weighted by Crippen LogP contribution is 2.66. The number of fused-ring (bicyclic) bond motifs is 5. The Bertz CT molecular complexity index is 866. The molecule has 2 aromatic rings. The quantitative estimate of drug-likeness (QED) is 0.586. The zero-order valence-corrected chi connectivity index (χ0v) is 16.4. The van der Waals surface area contributed by atoms with Gasteiger partial charge < -0.3 is 4.74 Å². The zero-order valence-electron chi connectivity index (χ0n) is 15.6. The first-order chi connectivity index (χ1) is 12.4. The molecule has 2 aliphatic carbocycles. The van der Waals surface area contributed by atoms with Crippen molar-refractivity contribution in [2.24, 2.45) is 5.41 Å². The van der Waals surface area contributed by atoms with Crippen molar-refractivity contribution in [1.82, 2.24) is 15.2 Å². The highest BCUT2D eigenvalue weighted by Gasteiger charge is 2.61. The van der Waals surface area contributed by atoms with Gasteiger partial charge in [-0.1, -0.05) is 32.5 Å². The van der Waals surface area contributed by atoms with E-state index in [1.807, 2.05) is 0 Å². The number of methoxy groups -OCH3 is 1. The second-order valence-corrected chi connectivity index (χ2v) is 8.86. The van der Waals surface area contributed by atoms with Gasteiger partial charge in [0.1, 0.15) is 5.75 Å². The van der Waals surface area contributed by atoms with Gasteiger partial charge in [-0.15, -0.1) is 5.10 Å². The van der Waals surface area contributed by atoms with Crippen LogP contribution >= 0.6 is 11.8 Å². The number of carbonyl (C=O) groups excluding carboxylic acids is 1. The third kappa shape index (κ3) is 2.46. The summed E-state index contributed by atoms with van der Waals surface area (Å²) in [5, 5.41) is 9.38. The van der Waals surface area contributed by atoms with E-state index in [4.69, 9.17) is 9.72 Å². The van der Waals surface area contributed by atoms with Crippen molar-refractivity contribution in [3.05, 3.63) is 41.2 Å². The van der Waals surface area contributed by atoms with Crippen molar-refractivity contribution < 1.29 is 9.53 Å². The fraction of sp³-hybridized carbons (Fsp3) is 0.500. The lowest BCUT2D eigenvalue weighted by Gasteiger charge is -2.33. The van der Waals surface area contributed by atoms with Gasteiger partial charge >= 0.3 is 0 Å². The fourth-order valence-corrected chi connectivity index (χ4v) is 5.10. The third-order valence-electron chi connectivity index (χ3n) is 6.52. The Morgan fingerprint density at radius 3 is 2.65 bits per heavy atom. The predicted molar refractivity (Wildman–Crippen MR) is 101 cm³/mol. The van der Waals surface area contributed by atoms with Crippen LogP contribution in [0.15, 0.2) is 29.4 Å². The fourth-order valence-electron chi connectivity index (χ4n) is 4.41. The van der Waals surface area contributed by atoms with Crippen LogP contribution in [0.1, 0.15) is 61.3 Å². The first kappa shape index (κ1) is 17.5. The highest BCUT2D eigenvalue weighted by atomic mass is 32.2. The molecule has 0 unspecified atom stereocenters. The lowest BCUT2D eigenvalue weighted by Crippen LogP contribution is -2.32. The van der Waals surface area contributed by atoms with Crippen LogP contribution in [0, 0.1) is 5.41 Å². The minimum atomic E-state index is 0.0508. The molecule has 0 radical (unpaired) electrons. The topological polar surface area (TPSA) is 65.0 Å². The Hall–Kier alpha value is -1.95. The SMILES string of the molecule is COc1ccc(C(=O)CSc2nnc3c(n2)[C@@]2(C)CC[C@@H]3C2(C)C)cc1. The van der Waals surface area contributed by atoms with Gasteiger partial charge in [0.05, 0.1) is 24.3 Å². The molecule has 0 amide bonds. The van der Waals surface area contributed by atoms with Gasteiger partial charge in [-0.25, -0.2) is 4.98 Å². The normalized spacial score (nSPS) is 25.2. The first-order valence-corrected chi connectivity index (χ1v) is 9.90. The average molecular weight is 369 g/mol. The molecule has 136 valence electrons. The summed E-state index contributed by atoms with van der Waals surface area (Å²) in [6, 6.07) is 7.16. The maximum absolute atomic E-state index is 12.4. The first-order valence-electron chi connectivity index (χ1n) is 8.92. The van der Waals surface area contributed by atoms with E-state index in [0.717, 1.165) is 30.0 Å². The molecule has 1 saturated carbocycles. The number of Topliss-reactive ketones (excluding diaryl/α,β-unsaturated/α-hetero) is 1. The molecule has 0 spiro atoms. The van der Waals surface area contributed by atoms with E-state index in [2.05, 4.69) is 31.0 Å². The van der Waals surface area contributed by atoms with Crippen LogP contribution in [-0.2, 0) is 5.41 Å². The van der Waals surface area contributed by atoms with Crippen molar-refractivity contribution in [1.29, 1.82) is 0 Å². The number of aromatic nitrogens is 3. The summed E-state index contributed by atoms with van der Waals surface area (Å²) < 4.78 is 5.13.